The standard InChI is InChI=1S/C12H18N2O2S/c1-13-6-8-14(9-7-13)12-4-2-11(3-5-12)10-17(15)16/h2-5,17H,6-10H2,1H3. The highest BCUT2D eigenvalue weighted by Gasteiger charge is 2.13. The van der Waals surface area contributed by atoms with Crippen LogP contribution in [-0.4, -0.2) is 46.5 Å². The molecule has 0 aliphatic carbocycles. The van der Waals surface area contributed by atoms with Gasteiger partial charge in [0, 0.05) is 31.9 Å². The number of benzene rings is 1. The number of thiol groups is 1. The van der Waals surface area contributed by atoms with Crippen LogP contribution >= 0.6 is 0 Å². The van der Waals surface area contributed by atoms with Gasteiger partial charge in [-0.25, -0.2) is 8.42 Å². The summed E-state index contributed by atoms with van der Waals surface area (Å²) in [6.07, 6.45) is 0. The number of nitrogens with zero attached hydrogens (tertiary/aromatic N) is 2. The molecule has 17 heavy (non-hydrogen) atoms. The van der Waals surface area contributed by atoms with E-state index < -0.39 is 10.7 Å². The fourth-order valence-corrected chi connectivity index (χ4v) is 2.53. The number of anilines is 1. The predicted molar refractivity (Wildman–Crippen MR) is 70.2 cm³/mol. The van der Waals surface area contributed by atoms with Gasteiger partial charge in [-0.1, -0.05) is 12.1 Å². The first-order valence-corrected chi connectivity index (χ1v) is 7.15. The van der Waals surface area contributed by atoms with Gasteiger partial charge in [0.05, 0.1) is 5.75 Å². The molecule has 5 heteroatoms. The quantitative estimate of drug-likeness (QED) is 0.800. The molecule has 2 rings (SSSR count). The number of piperazine rings is 1. The molecular weight excluding hydrogens is 236 g/mol. The van der Waals surface area contributed by atoms with Crippen molar-refractivity contribution in [2.45, 2.75) is 5.75 Å². The minimum atomic E-state index is -2.33. The molecule has 0 radical (unpaired) electrons. The molecule has 1 saturated heterocycles. The Bertz CT molecular complexity index is 426. The minimum Gasteiger partial charge on any atom is -0.369 e. The third kappa shape index (κ3) is 3.44. The van der Waals surface area contributed by atoms with Gasteiger partial charge in [0.2, 0.25) is 0 Å². The third-order valence-electron chi connectivity index (χ3n) is 3.12. The number of hydrogen-bond acceptors (Lipinski definition) is 4. The third-order valence-corrected chi connectivity index (χ3v) is 3.74. The molecule has 0 aromatic heterocycles. The zero-order valence-electron chi connectivity index (χ0n) is 10.0. The number of hydrogen-bond donors (Lipinski definition) is 1. The summed E-state index contributed by atoms with van der Waals surface area (Å²) in [7, 11) is -0.197. The summed E-state index contributed by atoms with van der Waals surface area (Å²) in [5.41, 5.74) is 2.04. The van der Waals surface area contributed by atoms with Crippen molar-refractivity contribution < 1.29 is 8.42 Å². The first kappa shape index (κ1) is 12.4. The maximum absolute atomic E-state index is 10.6. The smallest absolute Gasteiger partial charge is 0.144 e. The Hall–Kier alpha value is -1.07. The van der Waals surface area contributed by atoms with E-state index in [9.17, 15) is 8.42 Å². The van der Waals surface area contributed by atoms with E-state index in [-0.39, 0.29) is 5.75 Å². The minimum absolute atomic E-state index is 0.137. The Kier molecular flexibility index (Phi) is 4.02. The van der Waals surface area contributed by atoms with E-state index >= 15 is 0 Å². The second-order valence-electron chi connectivity index (χ2n) is 4.45. The van der Waals surface area contributed by atoms with Gasteiger partial charge >= 0.3 is 0 Å². The van der Waals surface area contributed by atoms with Gasteiger partial charge in [0.25, 0.3) is 0 Å². The Morgan fingerprint density at radius 1 is 1.06 bits per heavy atom. The topological polar surface area (TPSA) is 40.6 Å². The Balaban J connectivity index is 2.02. The maximum Gasteiger partial charge on any atom is 0.144 e. The van der Waals surface area contributed by atoms with E-state index in [1.54, 1.807) is 0 Å². The van der Waals surface area contributed by atoms with Crippen LogP contribution in [0.2, 0.25) is 0 Å². The molecule has 0 N–H and O–H groups in total. The zero-order valence-corrected chi connectivity index (χ0v) is 10.9. The second kappa shape index (κ2) is 5.51. The molecule has 0 spiro atoms. The molecule has 0 amide bonds. The lowest BCUT2D eigenvalue weighted by Crippen LogP contribution is -2.44. The van der Waals surface area contributed by atoms with Crippen LogP contribution in [0.4, 0.5) is 5.69 Å². The highest BCUT2D eigenvalue weighted by Crippen LogP contribution is 2.17. The Labute approximate surface area is 104 Å². The van der Waals surface area contributed by atoms with Gasteiger partial charge in [-0.05, 0) is 24.7 Å². The Morgan fingerprint density at radius 3 is 2.18 bits per heavy atom. The monoisotopic (exact) mass is 254 g/mol. The van der Waals surface area contributed by atoms with Crippen molar-refractivity contribution in [2.75, 3.05) is 38.1 Å². The molecule has 0 saturated carbocycles. The molecule has 1 aliphatic rings. The van der Waals surface area contributed by atoms with E-state index in [2.05, 4.69) is 16.8 Å². The Morgan fingerprint density at radius 2 is 1.65 bits per heavy atom. The molecule has 0 atom stereocenters. The lowest BCUT2D eigenvalue weighted by Gasteiger charge is -2.34. The molecule has 0 unspecified atom stereocenters. The van der Waals surface area contributed by atoms with Crippen molar-refractivity contribution in [3.05, 3.63) is 29.8 Å². The maximum atomic E-state index is 10.6. The molecule has 94 valence electrons. The average molecular weight is 254 g/mol. The van der Waals surface area contributed by atoms with E-state index in [0.29, 0.717) is 0 Å². The fourth-order valence-electron chi connectivity index (χ4n) is 2.03. The van der Waals surface area contributed by atoms with E-state index in [1.165, 1.54) is 5.69 Å². The van der Waals surface area contributed by atoms with Crippen molar-refractivity contribution in [3.63, 3.8) is 0 Å². The van der Waals surface area contributed by atoms with E-state index in [1.807, 2.05) is 24.3 Å². The van der Waals surface area contributed by atoms with Gasteiger partial charge in [0.1, 0.15) is 10.7 Å². The number of rotatable bonds is 3. The summed E-state index contributed by atoms with van der Waals surface area (Å²) in [5.74, 6) is 0.137. The van der Waals surface area contributed by atoms with Gasteiger partial charge < -0.3 is 9.80 Å². The molecule has 1 heterocycles. The largest absolute Gasteiger partial charge is 0.369 e. The van der Waals surface area contributed by atoms with Crippen LogP contribution in [0.25, 0.3) is 0 Å². The van der Waals surface area contributed by atoms with E-state index in [0.717, 1.165) is 31.7 Å². The molecule has 1 aromatic rings. The van der Waals surface area contributed by atoms with Crippen LogP contribution in [0, 0.1) is 0 Å². The SMILES string of the molecule is CN1CCN(c2ccc(C[SH](=O)=O)cc2)CC1. The normalized spacial score (nSPS) is 17.6. The van der Waals surface area contributed by atoms with Gasteiger partial charge in [-0.15, -0.1) is 0 Å². The van der Waals surface area contributed by atoms with Crippen molar-refractivity contribution in [2.24, 2.45) is 0 Å². The van der Waals surface area contributed by atoms with Crippen LogP contribution in [0.3, 0.4) is 0 Å². The summed E-state index contributed by atoms with van der Waals surface area (Å²) in [6.45, 7) is 4.22. The van der Waals surface area contributed by atoms with Crippen LogP contribution in [-0.2, 0) is 16.5 Å². The lowest BCUT2D eigenvalue weighted by molar-refractivity contribution is 0.313. The van der Waals surface area contributed by atoms with Crippen molar-refractivity contribution in [3.8, 4) is 0 Å². The molecule has 1 aliphatic heterocycles. The predicted octanol–water partition coefficient (Wildman–Crippen LogP) is 0.550. The summed E-state index contributed by atoms with van der Waals surface area (Å²) in [4.78, 5) is 4.65. The summed E-state index contributed by atoms with van der Waals surface area (Å²) < 4.78 is 21.2. The van der Waals surface area contributed by atoms with Crippen LogP contribution in [0.5, 0.6) is 0 Å². The van der Waals surface area contributed by atoms with Crippen molar-refractivity contribution >= 4 is 16.4 Å². The summed E-state index contributed by atoms with van der Waals surface area (Å²) in [6, 6.07) is 7.83. The fraction of sp³-hybridized carbons (Fsp3) is 0.500. The van der Waals surface area contributed by atoms with Crippen molar-refractivity contribution in [1.82, 2.24) is 4.90 Å². The van der Waals surface area contributed by atoms with Crippen LogP contribution < -0.4 is 4.90 Å². The first-order valence-electron chi connectivity index (χ1n) is 5.79. The number of likely N-dealkylation sites (N-methyl/N-ethyl adjacent to an activating group) is 1. The summed E-state index contributed by atoms with van der Waals surface area (Å²) >= 11 is 0. The highest BCUT2D eigenvalue weighted by molar-refractivity contribution is 7.71. The van der Waals surface area contributed by atoms with Crippen LogP contribution in [0.1, 0.15) is 5.56 Å². The van der Waals surface area contributed by atoms with Crippen LogP contribution in [0.15, 0.2) is 24.3 Å². The average Bonchev–Trinajstić information content (AvgIpc) is 2.30. The van der Waals surface area contributed by atoms with Crippen molar-refractivity contribution in [1.29, 1.82) is 0 Å². The van der Waals surface area contributed by atoms with E-state index in [4.69, 9.17) is 0 Å². The molecular formula is C12H18N2O2S. The molecule has 4 nitrogen and oxygen atoms in total. The van der Waals surface area contributed by atoms with Gasteiger partial charge in [-0.2, -0.15) is 0 Å². The molecule has 1 fully saturated rings. The highest BCUT2D eigenvalue weighted by atomic mass is 32.2. The zero-order chi connectivity index (χ0) is 12.3. The summed E-state index contributed by atoms with van der Waals surface area (Å²) in [5, 5.41) is 0. The van der Waals surface area contributed by atoms with Gasteiger partial charge in [0.15, 0.2) is 0 Å². The molecule has 1 aromatic carbocycles. The first-order chi connectivity index (χ1) is 8.15. The second-order valence-corrected chi connectivity index (χ2v) is 5.43. The lowest BCUT2D eigenvalue weighted by atomic mass is 10.2. The molecule has 0 bridgehead atoms. The van der Waals surface area contributed by atoms with Gasteiger partial charge in [-0.3, -0.25) is 0 Å².